The average molecular weight is 291 g/mol. The first-order valence-corrected chi connectivity index (χ1v) is 6.92. The molecule has 0 bridgehead atoms. The van der Waals surface area contributed by atoms with Crippen LogP contribution < -0.4 is 5.73 Å². The number of aldehydes is 1. The lowest BCUT2D eigenvalue weighted by atomic mass is 9.69. The van der Waals surface area contributed by atoms with Crippen LogP contribution in [0.2, 0.25) is 0 Å². The molecule has 114 valence electrons. The van der Waals surface area contributed by atoms with Gasteiger partial charge in [0.15, 0.2) is 5.62 Å². The molecular formula is C15H22BNO4. The number of rotatable bonds is 4. The number of carbonyl (C=O) groups is 1. The SMILES string of the molecule is CO[C@@](N)(B1OC(C)(C)C(C)(C)O1)c1ccccc1C=O. The molecule has 0 spiro atoms. The van der Waals surface area contributed by atoms with E-state index < -0.39 is 23.9 Å². The maximum Gasteiger partial charge on any atom is 0.513 e. The molecule has 2 rings (SSSR count). The fraction of sp³-hybridized carbons (Fsp3) is 0.533. The normalized spacial score (nSPS) is 22.9. The Hall–Kier alpha value is -1.21. The number of nitrogens with two attached hydrogens (primary N) is 1. The largest absolute Gasteiger partial charge is 0.513 e. The highest BCUT2D eigenvalue weighted by atomic mass is 16.7. The van der Waals surface area contributed by atoms with E-state index in [9.17, 15) is 4.79 Å². The van der Waals surface area contributed by atoms with E-state index in [-0.39, 0.29) is 0 Å². The fourth-order valence-corrected chi connectivity index (χ4v) is 2.31. The molecule has 6 heteroatoms. The number of carbonyl (C=O) groups excluding carboxylic acids is 1. The van der Waals surface area contributed by atoms with E-state index in [1.165, 1.54) is 7.11 Å². The highest BCUT2D eigenvalue weighted by Crippen LogP contribution is 2.42. The number of ether oxygens (including phenoxy) is 1. The number of methoxy groups -OCH3 is 1. The van der Waals surface area contributed by atoms with Gasteiger partial charge >= 0.3 is 7.12 Å². The topological polar surface area (TPSA) is 70.8 Å². The van der Waals surface area contributed by atoms with Crippen LogP contribution in [-0.2, 0) is 19.7 Å². The molecule has 0 aromatic heterocycles. The maximum atomic E-state index is 11.3. The van der Waals surface area contributed by atoms with Gasteiger partial charge in [-0.25, -0.2) is 0 Å². The van der Waals surface area contributed by atoms with Crippen molar-refractivity contribution in [3.05, 3.63) is 35.4 Å². The molecule has 0 unspecified atom stereocenters. The molecule has 1 saturated heterocycles. The zero-order valence-corrected chi connectivity index (χ0v) is 13.2. The van der Waals surface area contributed by atoms with Crippen LogP contribution in [0.4, 0.5) is 0 Å². The van der Waals surface area contributed by atoms with E-state index in [2.05, 4.69) is 0 Å². The minimum atomic E-state index is -1.36. The zero-order chi connectivity index (χ0) is 15.9. The first-order valence-electron chi connectivity index (χ1n) is 6.92. The van der Waals surface area contributed by atoms with Crippen LogP contribution in [0, 0.1) is 0 Å². The van der Waals surface area contributed by atoms with Crippen LogP contribution in [0.15, 0.2) is 24.3 Å². The van der Waals surface area contributed by atoms with Crippen molar-refractivity contribution in [3.8, 4) is 0 Å². The third-order valence-electron chi connectivity index (χ3n) is 4.45. The van der Waals surface area contributed by atoms with Crippen molar-refractivity contribution in [3.63, 3.8) is 0 Å². The molecule has 1 aliphatic heterocycles. The summed E-state index contributed by atoms with van der Waals surface area (Å²) in [7, 11) is 0.667. The summed E-state index contributed by atoms with van der Waals surface area (Å²) in [5.41, 5.74) is 4.99. The van der Waals surface area contributed by atoms with Crippen LogP contribution in [0.25, 0.3) is 0 Å². The summed E-state index contributed by atoms with van der Waals surface area (Å²) in [6.07, 6.45) is 0.751. The van der Waals surface area contributed by atoms with Crippen LogP contribution in [0.3, 0.4) is 0 Å². The first-order chi connectivity index (χ1) is 9.68. The second kappa shape index (κ2) is 5.21. The number of benzene rings is 1. The minimum absolute atomic E-state index is 0.455. The lowest BCUT2D eigenvalue weighted by Gasteiger charge is -2.32. The van der Waals surface area contributed by atoms with Gasteiger partial charge in [0.05, 0.1) is 11.2 Å². The zero-order valence-electron chi connectivity index (χ0n) is 13.2. The minimum Gasteiger partial charge on any atom is -0.400 e. The Morgan fingerprint density at radius 3 is 2.19 bits per heavy atom. The standard InChI is InChI=1S/C15H22BNO4/c1-13(2)14(3,4)21-16(20-13)15(17,19-5)12-9-7-6-8-11(12)10-18/h6-10H,17H2,1-5H3/t15-/m1/s1. The van der Waals surface area contributed by atoms with Crippen molar-refractivity contribution in [1.29, 1.82) is 0 Å². The van der Waals surface area contributed by atoms with E-state index in [1.54, 1.807) is 24.3 Å². The molecule has 0 amide bonds. The summed E-state index contributed by atoms with van der Waals surface area (Å²) >= 11 is 0. The summed E-state index contributed by atoms with van der Waals surface area (Å²) in [6.45, 7) is 7.76. The van der Waals surface area contributed by atoms with Gasteiger partial charge in [-0.2, -0.15) is 0 Å². The number of hydrogen-bond donors (Lipinski definition) is 1. The molecular weight excluding hydrogens is 269 g/mol. The predicted molar refractivity (Wildman–Crippen MR) is 80.8 cm³/mol. The van der Waals surface area contributed by atoms with Crippen molar-refractivity contribution < 1.29 is 18.8 Å². The molecule has 0 saturated carbocycles. The van der Waals surface area contributed by atoms with Crippen LogP contribution in [-0.4, -0.2) is 31.7 Å². The Bertz CT molecular complexity index is 530. The van der Waals surface area contributed by atoms with Gasteiger partial charge in [-0.15, -0.1) is 0 Å². The van der Waals surface area contributed by atoms with E-state index >= 15 is 0 Å². The Labute approximate surface area is 125 Å². The average Bonchev–Trinajstić information content (AvgIpc) is 2.67. The van der Waals surface area contributed by atoms with Gasteiger partial charge in [-0.05, 0) is 27.7 Å². The van der Waals surface area contributed by atoms with Crippen molar-refractivity contribution in [2.45, 2.75) is 44.5 Å². The molecule has 1 fully saturated rings. The molecule has 1 aliphatic rings. The third kappa shape index (κ3) is 2.53. The molecule has 21 heavy (non-hydrogen) atoms. The second-order valence-corrected chi connectivity index (χ2v) is 6.29. The van der Waals surface area contributed by atoms with Gasteiger partial charge in [-0.3, -0.25) is 4.79 Å². The van der Waals surface area contributed by atoms with Crippen LogP contribution in [0.5, 0.6) is 0 Å². The summed E-state index contributed by atoms with van der Waals surface area (Å²) in [6, 6.07) is 7.01. The second-order valence-electron chi connectivity index (χ2n) is 6.29. The van der Waals surface area contributed by atoms with Crippen LogP contribution in [0.1, 0.15) is 43.6 Å². The van der Waals surface area contributed by atoms with Gasteiger partial charge in [0.1, 0.15) is 6.29 Å². The van der Waals surface area contributed by atoms with Crippen molar-refractivity contribution in [1.82, 2.24) is 0 Å². The van der Waals surface area contributed by atoms with E-state index in [4.69, 9.17) is 19.8 Å². The molecule has 1 atom stereocenters. The van der Waals surface area contributed by atoms with Crippen LogP contribution >= 0.6 is 0 Å². The third-order valence-corrected chi connectivity index (χ3v) is 4.45. The Morgan fingerprint density at radius 2 is 1.71 bits per heavy atom. The molecule has 1 aromatic carbocycles. The smallest absolute Gasteiger partial charge is 0.400 e. The van der Waals surface area contributed by atoms with Gasteiger partial charge in [0, 0.05) is 18.2 Å². The van der Waals surface area contributed by atoms with Gasteiger partial charge in [0.2, 0.25) is 0 Å². The molecule has 2 N–H and O–H groups in total. The lowest BCUT2D eigenvalue weighted by Crippen LogP contribution is -2.55. The highest BCUT2D eigenvalue weighted by molar-refractivity contribution is 6.49. The number of hydrogen-bond acceptors (Lipinski definition) is 5. The summed E-state index contributed by atoms with van der Waals surface area (Å²) in [4.78, 5) is 11.3. The van der Waals surface area contributed by atoms with E-state index in [0.717, 1.165) is 6.29 Å². The fourth-order valence-electron chi connectivity index (χ4n) is 2.31. The van der Waals surface area contributed by atoms with Crippen molar-refractivity contribution in [2.75, 3.05) is 7.11 Å². The monoisotopic (exact) mass is 291 g/mol. The molecule has 0 aliphatic carbocycles. The van der Waals surface area contributed by atoms with Gasteiger partial charge in [-0.1, -0.05) is 24.3 Å². The molecule has 5 nitrogen and oxygen atoms in total. The molecule has 0 radical (unpaired) electrons. The quantitative estimate of drug-likeness (QED) is 0.521. The van der Waals surface area contributed by atoms with Crippen molar-refractivity contribution in [2.24, 2.45) is 5.73 Å². The van der Waals surface area contributed by atoms with Crippen molar-refractivity contribution >= 4 is 13.4 Å². The Morgan fingerprint density at radius 1 is 1.19 bits per heavy atom. The Balaban J connectivity index is 2.46. The lowest BCUT2D eigenvalue weighted by molar-refractivity contribution is 0.00578. The van der Waals surface area contributed by atoms with Gasteiger partial charge < -0.3 is 19.8 Å². The molecule has 1 aromatic rings. The highest BCUT2D eigenvalue weighted by Gasteiger charge is 2.60. The predicted octanol–water partition coefficient (Wildman–Crippen LogP) is 1.89. The first kappa shape index (κ1) is 16.2. The summed E-state index contributed by atoms with van der Waals surface area (Å²) < 4.78 is 17.5. The maximum absolute atomic E-state index is 11.3. The van der Waals surface area contributed by atoms with E-state index in [1.807, 2.05) is 27.7 Å². The van der Waals surface area contributed by atoms with Gasteiger partial charge in [0.25, 0.3) is 0 Å². The summed E-state index contributed by atoms with van der Waals surface area (Å²) in [5.74, 6) is 0. The van der Waals surface area contributed by atoms with E-state index in [0.29, 0.717) is 11.1 Å². The Kier molecular flexibility index (Phi) is 4.01. The summed E-state index contributed by atoms with van der Waals surface area (Å²) in [5, 5.41) is 0. The molecule has 1 heterocycles.